The zero-order valence-corrected chi connectivity index (χ0v) is 14.9. The lowest BCUT2D eigenvalue weighted by Crippen LogP contribution is -2.27. The standard InChI is InChI=1S/C18H21NO2S2/c1-3-5-6-12-21-15-9-7-14(8-10-15)13-16-17(20)19(11-4-2)18(22)23-16/h4,7-10,13H,2-3,5-6,11-12H2,1H3. The molecule has 5 heteroatoms. The first kappa shape index (κ1) is 17.8. The Balaban J connectivity index is 1.99. The van der Waals surface area contributed by atoms with Crippen LogP contribution < -0.4 is 4.74 Å². The van der Waals surface area contributed by atoms with Gasteiger partial charge in [0.2, 0.25) is 0 Å². The number of hydrogen-bond donors (Lipinski definition) is 0. The zero-order chi connectivity index (χ0) is 16.7. The van der Waals surface area contributed by atoms with Crippen molar-refractivity contribution in [2.75, 3.05) is 13.2 Å². The maximum Gasteiger partial charge on any atom is 0.266 e. The predicted molar refractivity (Wildman–Crippen MR) is 102 cm³/mol. The highest BCUT2D eigenvalue weighted by atomic mass is 32.2. The van der Waals surface area contributed by atoms with Crippen LogP contribution in [0.5, 0.6) is 5.75 Å². The fourth-order valence-corrected chi connectivity index (χ4v) is 3.42. The van der Waals surface area contributed by atoms with Gasteiger partial charge in [0.15, 0.2) is 0 Å². The number of rotatable bonds is 8. The first-order valence-corrected chi connectivity index (χ1v) is 8.97. The Morgan fingerprint density at radius 1 is 1.30 bits per heavy atom. The Bertz CT molecular complexity index is 608. The van der Waals surface area contributed by atoms with Crippen LogP contribution in [0.1, 0.15) is 31.7 Å². The monoisotopic (exact) mass is 347 g/mol. The Hall–Kier alpha value is -1.59. The van der Waals surface area contributed by atoms with Crippen LogP contribution in [0.3, 0.4) is 0 Å². The maximum atomic E-state index is 12.3. The Kier molecular flexibility index (Phi) is 6.86. The number of unbranched alkanes of at least 4 members (excludes halogenated alkanes) is 2. The van der Waals surface area contributed by atoms with Crippen LogP contribution in [-0.2, 0) is 4.79 Å². The second kappa shape index (κ2) is 8.89. The minimum atomic E-state index is -0.0557. The summed E-state index contributed by atoms with van der Waals surface area (Å²) in [5.41, 5.74) is 0.963. The van der Waals surface area contributed by atoms with Crippen molar-refractivity contribution in [1.29, 1.82) is 0 Å². The molecule has 1 aromatic carbocycles. The third-order valence-electron chi connectivity index (χ3n) is 3.38. The summed E-state index contributed by atoms with van der Waals surface area (Å²) in [6, 6.07) is 7.77. The molecular formula is C18H21NO2S2. The van der Waals surface area contributed by atoms with Crippen molar-refractivity contribution in [2.24, 2.45) is 0 Å². The molecule has 0 N–H and O–H groups in total. The van der Waals surface area contributed by atoms with E-state index in [9.17, 15) is 4.79 Å². The fraction of sp³-hybridized carbons (Fsp3) is 0.333. The zero-order valence-electron chi connectivity index (χ0n) is 13.3. The summed E-state index contributed by atoms with van der Waals surface area (Å²) in [6.45, 7) is 7.02. The molecule has 1 amide bonds. The molecule has 0 unspecified atom stereocenters. The van der Waals surface area contributed by atoms with Gasteiger partial charge in [-0.1, -0.05) is 62.0 Å². The normalized spacial score (nSPS) is 16.2. The Morgan fingerprint density at radius 2 is 2.04 bits per heavy atom. The summed E-state index contributed by atoms with van der Waals surface area (Å²) in [5.74, 6) is 0.803. The molecule has 0 radical (unpaired) electrons. The number of thiocarbonyl (C=S) groups is 1. The van der Waals surface area contributed by atoms with Gasteiger partial charge in [-0.15, -0.1) is 6.58 Å². The molecule has 23 heavy (non-hydrogen) atoms. The van der Waals surface area contributed by atoms with Crippen molar-refractivity contribution in [3.8, 4) is 5.75 Å². The number of amides is 1. The minimum Gasteiger partial charge on any atom is -0.494 e. The molecule has 1 aromatic rings. The Labute approximate surface area is 147 Å². The van der Waals surface area contributed by atoms with Gasteiger partial charge < -0.3 is 4.74 Å². The van der Waals surface area contributed by atoms with Crippen molar-refractivity contribution in [2.45, 2.75) is 26.2 Å². The van der Waals surface area contributed by atoms with E-state index in [0.717, 1.165) is 24.3 Å². The molecule has 122 valence electrons. The smallest absolute Gasteiger partial charge is 0.266 e. The fourth-order valence-electron chi connectivity index (χ4n) is 2.14. The van der Waals surface area contributed by atoms with Gasteiger partial charge in [0.1, 0.15) is 10.1 Å². The molecule has 1 saturated heterocycles. The molecule has 1 aliphatic heterocycles. The van der Waals surface area contributed by atoms with E-state index in [1.807, 2.05) is 30.3 Å². The highest BCUT2D eigenvalue weighted by molar-refractivity contribution is 8.26. The molecule has 0 atom stereocenters. The maximum absolute atomic E-state index is 12.3. The summed E-state index contributed by atoms with van der Waals surface area (Å²) in [7, 11) is 0. The number of ether oxygens (including phenoxy) is 1. The van der Waals surface area contributed by atoms with Crippen molar-refractivity contribution >= 4 is 40.3 Å². The van der Waals surface area contributed by atoms with E-state index in [4.69, 9.17) is 17.0 Å². The second-order valence-electron chi connectivity index (χ2n) is 5.21. The average molecular weight is 348 g/mol. The first-order valence-electron chi connectivity index (χ1n) is 7.75. The average Bonchev–Trinajstić information content (AvgIpc) is 2.81. The van der Waals surface area contributed by atoms with Crippen molar-refractivity contribution < 1.29 is 9.53 Å². The van der Waals surface area contributed by atoms with Crippen LogP contribution in [0.15, 0.2) is 41.8 Å². The Morgan fingerprint density at radius 3 is 2.70 bits per heavy atom. The SMILES string of the molecule is C=CCN1C(=O)C(=Cc2ccc(OCCCCC)cc2)SC1=S. The van der Waals surface area contributed by atoms with Gasteiger partial charge in [-0.25, -0.2) is 0 Å². The van der Waals surface area contributed by atoms with Gasteiger partial charge in [0.25, 0.3) is 5.91 Å². The van der Waals surface area contributed by atoms with Gasteiger partial charge in [-0.2, -0.15) is 0 Å². The van der Waals surface area contributed by atoms with E-state index < -0.39 is 0 Å². The van der Waals surface area contributed by atoms with Crippen LogP contribution in [0.2, 0.25) is 0 Å². The number of hydrogen-bond acceptors (Lipinski definition) is 4. The van der Waals surface area contributed by atoms with E-state index in [2.05, 4.69) is 13.5 Å². The number of carbonyl (C=O) groups is 1. The van der Waals surface area contributed by atoms with Crippen LogP contribution in [-0.4, -0.2) is 28.3 Å². The van der Waals surface area contributed by atoms with Crippen molar-refractivity contribution in [3.05, 3.63) is 47.4 Å². The third kappa shape index (κ3) is 4.94. The number of carbonyl (C=O) groups excluding carboxylic acids is 1. The molecule has 1 fully saturated rings. The first-order chi connectivity index (χ1) is 11.2. The summed E-state index contributed by atoms with van der Waals surface area (Å²) in [6.07, 6.45) is 6.99. The second-order valence-corrected chi connectivity index (χ2v) is 6.88. The number of benzene rings is 1. The lowest BCUT2D eigenvalue weighted by molar-refractivity contribution is -0.121. The molecule has 1 heterocycles. The van der Waals surface area contributed by atoms with Crippen molar-refractivity contribution in [3.63, 3.8) is 0 Å². The quantitative estimate of drug-likeness (QED) is 0.296. The largest absolute Gasteiger partial charge is 0.494 e. The molecule has 0 aliphatic carbocycles. The van der Waals surface area contributed by atoms with Crippen molar-refractivity contribution in [1.82, 2.24) is 4.90 Å². The molecule has 3 nitrogen and oxygen atoms in total. The van der Waals surface area contributed by atoms with Crippen LogP contribution in [0.4, 0.5) is 0 Å². The summed E-state index contributed by atoms with van der Waals surface area (Å²) < 4.78 is 6.27. The number of nitrogens with zero attached hydrogens (tertiary/aromatic N) is 1. The van der Waals surface area contributed by atoms with E-state index in [1.165, 1.54) is 24.6 Å². The van der Waals surface area contributed by atoms with E-state index in [-0.39, 0.29) is 5.91 Å². The predicted octanol–water partition coefficient (Wildman–Crippen LogP) is 4.64. The van der Waals surface area contributed by atoms with E-state index in [1.54, 1.807) is 11.0 Å². The topological polar surface area (TPSA) is 29.5 Å². The van der Waals surface area contributed by atoms with Crippen LogP contribution >= 0.6 is 24.0 Å². The molecular weight excluding hydrogens is 326 g/mol. The molecule has 0 spiro atoms. The summed E-state index contributed by atoms with van der Waals surface area (Å²) in [5, 5.41) is 0. The van der Waals surface area contributed by atoms with E-state index in [0.29, 0.717) is 15.8 Å². The van der Waals surface area contributed by atoms with Crippen LogP contribution in [0, 0.1) is 0 Å². The van der Waals surface area contributed by atoms with Gasteiger partial charge in [-0.3, -0.25) is 9.69 Å². The molecule has 1 aliphatic rings. The van der Waals surface area contributed by atoms with E-state index >= 15 is 0 Å². The molecule has 0 bridgehead atoms. The highest BCUT2D eigenvalue weighted by Gasteiger charge is 2.30. The molecule has 0 saturated carbocycles. The third-order valence-corrected chi connectivity index (χ3v) is 4.76. The van der Waals surface area contributed by atoms with Gasteiger partial charge >= 0.3 is 0 Å². The van der Waals surface area contributed by atoms with Gasteiger partial charge in [0.05, 0.1) is 11.5 Å². The minimum absolute atomic E-state index is 0.0557. The molecule has 0 aromatic heterocycles. The summed E-state index contributed by atoms with van der Waals surface area (Å²) >= 11 is 6.56. The summed E-state index contributed by atoms with van der Waals surface area (Å²) in [4.78, 5) is 14.5. The lowest BCUT2D eigenvalue weighted by atomic mass is 10.2. The number of thioether (sulfide) groups is 1. The lowest BCUT2D eigenvalue weighted by Gasteiger charge is -2.10. The highest BCUT2D eigenvalue weighted by Crippen LogP contribution is 2.32. The van der Waals surface area contributed by atoms with Gasteiger partial charge in [-0.05, 0) is 30.2 Å². The van der Waals surface area contributed by atoms with Gasteiger partial charge in [0, 0.05) is 6.54 Å². The van der Waals surface area contributed by atoms with Crippen LogP contribution in [0.25, 0.3) is 6.08 Å². The molecule has 2 rings (SSSR count).